The molecule has 0 aliphatic carbocycles. The van der Waals surface area contributed by atoms with Crippen LogP contribution in [0.15, 0.2) is 48.5 Å². The quantitative estimate of drug-likeness (QED) is 0.718. The molecule has 7 heteroatoms. The lowest BCUT2D eigenvalue weighted by atomic mass is 10.1. The first-order valence-corrected chi connectivity index (χ1v) is 9.73. The van der Waals surface area contributed by atoms with Crippen LogP contribution in [-0.2, 0) is 9.53 Å². The summed E-state index contributed by atoms with van der Waals surface area (Å²) in [6.45, 7) is 5.95. The average molecular weight is 403 g/mol. The molecule has 1 fully saturated rings. The molecule has 148 valence electrons. The van der Waals surface area contributed by atoms with Crippen LogP contribution in [0, 0.1) is 0 Å². The van der Waals surface area contributed by atoms with Gasteiger partial charge in [-0.25, -0.2) is 0 Å². The SMILES string of the molecule is C[C@@H]1C[NH+](CC(=O)Nc2ccccc2C(=O)Nc2ccc(Cl)cc2)C[C@@H](C)O1. The predicted octanol–water partition coefficient (Wildman–Crippen LogP) is 2.22. The van der Waals surface area contributed by atoms with Crippen LogP contribution in [0.4, 0.5) is 11.4 Å². The van der Waals surface area contributed by atoms with Gasteiger partial charge in [0.25, 0.3) is 11.8 Å². The Bertz CT molecular complexity index is 831. The van der Waals surface area contributed by atoms with Crippen LogP contribution in [0.2, 0.25) is 5.02 Å². The number of carbonyl (C=O) groups excluding carboxylic acids is 2. The number of nitrogens with one attached hydrogen (secondary N) is 3. The standard InChI is InChI=1S/C21H24ClN3O3/c1-14-11-25(12-15(2)28-14)13-20(26)24-19-6-4-3-5-18(19)21(27)23-17-9-7-16(22)8-10-17/h3-10,14-15H,11-13H2,1-2H3,(H,23,27)(H,24,26)/p+1/t14-,15-/m1/s1. The van der Waals surface area contributed by atoms with Crippen molar-refractivity contribution < 1.29 is 19.2 Å². The lowest BCUT2D eigenvalue weighted by molar-refractivity contribution is -0.907. The molecule has 0 aromatic heterocycles. The van der Waals surface area contributed by atoms with Crippen molar-refractivity contribution in [1.29, 1.82) is 0 Å². The van der Waals surface area contributed by atoms with Gasteiger partial charge in [-0.05, 0) is 50.2 Å². The van der Waals surface area contributed by atoms with Crippen molar-refractivity contribution in [3.8, 4) is 0 Å². The number of halogens is 1. The molecule has 0 radical (unpaired) electrons. The van der Waals surface area contributed by atoms with Crippen LogP contribution in [-0.4, -0.2) is 43.7 Å². The maximum atomic E-state index is 12.7. The van der Waals surface area contributed by atoms with E-state index in [4.69, 9.17) is 16.3 Å². The highest BCUT2D eigenvalue weighted by molar-refractivity contribution is 6.30. The highest BCUT2D eigenvalue weighted by Gasteiger charge is 2.27. The Balaban J connectivity index is 1.65. The monoisotopic (exact) mass is 402 g/mol. The van der Waals surface area contributed by atoms with Crippen LogP contribution < -0.4 is 15.5 Å². The highest BCUT2D eigenvalue weighted by atomic mass is 35.5. The summed E-state index contributed by atoms with van der Waals surface area (Å²) in [6.07, 6.45) is 0.257. The second kappa shape index (κ2) is 9.19. The molecule has 2 aromatic carbocycles. The van der Waals surface area contributed by atoms with Gasteiger partial charge in [0.1, 0.15) is 25.3 Å². The Labute approximate surface area is 169 Å². The van der Waals surface area contributed by atoms with Crippen molar-refractivity contribution in [3.63, 3.8) is 0 Å². The number of morpholine rings is 1. The molecule has 2 atom stereocenters. The molecule has 3 N–H and O–H groups in total. The van der Waals surface area contributed by atoms with Gasteiger partial charge in [0.05, 0.1) is 11.3 Å². The fraction of sp³-hybridized carbons (Fsp3) is 0.333. The Kier molecular flexibility index (Phi) is 6.67. The highest BCUT2D eigenvalue weighted by Crippen LogP contribution is 2.18. The summed E-state index contributed by atoms with van der Waals surface area (Å²) in [5.41, 5.74) is 1.54. The molecular weight excluding hydrogens is 378 g/mol. The molecule has 1 heterocycles. The summed E-state index contributed by atoms with van der Waals surface area (Å²) in [7, 11) is 0. The first-order valence-electron chi connectivity index (χ1n) is 9.35. The Morgan fingerprint density at radius 2 is 1.68 bits per heavy atom. The minimum atomic E-state index is -0.292. The minimum Gasteiger partial charge on any atom is -0.364 e. The second-order valence-electron chi connectivity index (χ2n) is 7.15. The van der Waals surface area contributed by atoms with Gasteiger partial charge in [-0.1, -0.05) is 23.7 Å². The molecule has 0 bridgehead atoms. The van der Waals surface area contributed by atoms with Gasteiger partial charge in [-0.2, -0.15) is 0 Å². The van der Waals surface area contributed by atoms with Crippen LogP contribution in [0.5, 0.6) is 0 Å². The van der Waals surface area contributed by atoms with Crippen LogP contribution in [0.1, 0.15) is 24.2 Å². The third-order valence-corrected chi connectivity index (χ3v) is 4.83. The van der Waals surface area contributed by atoms with Gasteiger partial charge in [0, 0.05) is 10.7 Å². The molecule has 1 aliphatic heterocycles. The van der Waals surface area contributed by atoms with Gasteiger partial charge in [0.15, 0.2) is 6.54 Å². The average Bonchev–Trinajstić information content (AvgIpc) is 2.63. The summed E-state index contributed by atoms with van der Waals surface area (Å²) >= 11 is 5.88. The van der Waals surface area contributed by atoms with Crippen molar-refractivity contribution in [2.75, 3.05) is 30.3 Å². The number of carbonyl (C=O) groups is 2. The molecule has 6 nitrogen and oxygen atoms in total. The molecule has 2 amide bonds. The molecule has 0 saturated carbocycles. The van der Waals surface area contributed by atoms with Gasteiger partial charge in [0.2, 0.25) is 0 Å². The fourth-order valence-corrected chi connectivity index (χ4v) is 3.60. The molecule has 3 rings (SSSR count). The molecule has 1 saturated heterocycles. The van der Waals surface area contributed by atoms with E-state index >= 15 is 0 Å². The maximum Gasteiger partial charge on any atom is 0.279 e. The van der Waals surface area contributed by atoms with Crippen molar-refractivity contribution in [3.05, 3.63) is 59.1 Å². The number of quaternary nitrogens is 1. The molecule has 0 spiro atoms. The van der Waals surface area contributed by atoms with E-state index in [0.717, 1.165) is 13.1 Å². The summed E-state index contributed by atoms with van der Waals surface area (Å²) in [4.78, 5) is 26.4. The molecule has 0 unspecified atom stereocenters. The third kappa shape index (κ3) is 5.55. The van der Waals surface area contributed by atoms with Crippen LogP contribution >= 0.6 is 11.6 Å². The first-order chi connectivity index (χ1) is 13.4. The fourth-order valence-electron chi connectivity index (χ4n) is 3.48. The van der Waals surface area contributed by atoms with Crippen molar-refractivity contribution in [2.24, 2.45) is 0 Å². The zero-order valence-corrected chi connectivity index (χ0v) is 16.8. The van der Waals surface area contributed by atoms with E-state index in [2.05, 4.69) is 10.6 Å². The number of ether oxygens (including phenoxy) is 1. The summed E-state index contributed by atoms with van der Waals surface area (Å²) in [5.74, 6) is -0.415. The van der Waals surface area contributed by atoms with E-state index in [9.17, 15) is 9.59 Å². The molecule has 1 aliphatic rings. The number of hydrogen-bond donors (Lipinski definition) is 3. The second-order valence-corrected chi connectivity index (χ2v) is 7.58. The zero-order chi connectivity index (χ0) is 20.1. The van der Waals surface area contributed by atoms with Crippen molar-refractivity contribution in [2.45, 2.75) is 26.1 Å². The van der Waals surface area contributed by atoms with Gasteiger partial charge in [-0.3, -0.25) is 9.59 Å². The van der Waals surface area contributed by atoms with E-state index in [-0.39, 0.29) is 24.0 Å². The predicted molar refractivity (Wildman–Crippen MR) is 110 cm³/mol. The van der Waals surface area contributed by atoms with Gasteiger partial charge in [-0.15, -0.1) is 0 Å². The first kappa shape index (κ1) is 20.3. The molecular formula is C21H25ClN3O3+. The summed E-state index contributed by atoms with van der Waals surface area (Å²) in [6, 6.07) is 13.8. The number of rotatable bonds is 5. The summed E-state index contributed by atoms with van der Waals surface area (Å²) < 4.78 is 5.72. The van der Waals surface area contributed by atoms with Crippen molar-refractivity contribution in [1.82, 2.24) is 0 Å². The van der Waals surface area contributed by atoms with Crippen LogP contribution in [0.25, 0.3) is 0 Å². The summed E-state index contributed by atoms with van der Waals surface area (Å²) in [5, 5.41) is 6.30. The topological polar surface area (TPSA) is 71.9 Å². The number of hydrogen-bond acceptors (Lipinski definition) is 3. The third-order valence-electron chi connectivity index (χ3n) is 4.58. The number of benzene rings is 2. The number of para-hydroxylation sites is 1. The van der Waals surface area contributed by atoms with Crippen molar-refractivity contribution >= 4 is 34.8 Å². The van der Waals surface area contributed by atoms with Gasteiger partial charge >= 0.3 is 0 Å². The number of anilines is 2. The van der Waals surface area contributed by atoms with E-state index in [0.29, 0.717) is 28.5 Å². The zero-order valence-electron chi connectivity index (χ0n) is 16.0. The molecule has 28 heavy (non-hydrogen) atoms. The van der Waals surface area contributed by atoms with E-state index in [1.165, 1.54) is 4.90 Å². The van der Waals surface area contributed by atoms with Gasteiger partial charge < -0.3 is 20.3 Å². The lowest BCUT2D eigenvalue weighted by Gasteiger charge is -2.31. The largest absolute Gasteiger partial charge is 0.364 e. The minimum absolute atomic E-state index is 0.122. The van der Waals surface area contributed by atoms with E-state index in [1.54, 1.807) is 48.5 Å². The number of amides is 2. The Morgan fingerprint density at radius 1 is 1.04 bits per heavy atom. The molecule has 2 aromatic rings. The van der Waals surface area contributed by atoms with Crippen LogP contribution in [0.3, 0.4) is 0 Å². The Hall–Kier alpha value is -2.41. The van der Waals surface area contributed by atoms with E-state index < -0.39 is 0 Å². The Morgan fingerprint density at radius 3 is 2.36 bits per heavy atom. The maximum absolute atomic E-state index is 12.7. The van der Waals surface area contributed by atoms with E-state index in [1.807, 2.05) is 13.8 Å². The smallest absolute Gasteiger partial charge is 0.279 e. The lowest BCUT2D eigenvalue weighted by Crippen LogP contribution is -3.16. The normalized spacial score (nSPS) is 21.8.